The number of carbonyl (C=O) groups excluding carboxylic acids is 1. The molecule has 9 heteroatoms. The molecule has 3 heterocycles. The van der Waals surface area contributed by atoms with E-state index in [9.17, 15) is 9.59 Å². The molecule has 0 spiro atoms. The van der Waals surface area contributed by atoms with E-state index < -0.39 is 6.04 Å². The maximum atomic E-state index is 13.7. The summed E-state index contributed by atoms with van der Waals surface area (Å²) in [6.45, 7) is 4.83. The summed E-state index contributed by atoms with van der Waals surface area (Å²) in [7, 11) is 3.12. The largest absolute Gasteiger partial charge is 0.493 e. The van der Waals surface area contributed by atoms with Crippen LogP contribution in [0, 0.1) is 0 Å². The number of hydrogen-bond acceptors (Lipinski definition) is 6. The molecule has 1 aromatic heterocycles. The molecule has 8 nitrogen and oxygen atoms in total. The van der Waals surface area contributed by atoms with Gasteiger partial charge in [-0.3, -0.25) is 9.59 Å². The normalized spacial score (nSPS) is 18.2. The van der Waals surface area contributed by atoms with Crippen LogP contribution < -0.4 is 19.8 Å². The van der Waals surface area contributed by atoms with Crippen molar-refractivity contribution in [1.82, 2.24) is 4.90 Å². The molecule has 1 fully saturated rings. The van der Waals surface area contributed by atoms with E-state index in [2.05, 4.69) is 0 Å². The first-order valence-electron chi connectivity index (χ1n) is 11.7. The number of amides is 1. The molecule has 2 aliphatic heterocycles. The van der Waals surface area contributed by atoms with Gasteiger partial charge >= 0.3 is 0 Å². The third-order valence-electron chi connectivity index (χ3n) is 6.78. The number of halogens is 1. The van der Waals surface area contributed by atoms with E-state index in [0.29, 0.717) is 39.6 Å². The summed E-state index contributed by atoms with van der Waals surface area (Å²) in [5.41, 5.74) is 1.17. The predicted molar refractivity (Wildman–Crippen MR) is 131 cm³/mol. The van der Waals surface area contributed by atoms with Gasteiger partial charge in [-0.15, -0.1) is 0 Å². The Morgan fingerprint density at radius 1 is 1.06 bits per heavy atom. The van der Waals surface area contributed by atoms with E-state index in [4.69, 9.17) is 30.2 Å². The van der Waals surface area contributed by atoms with Gasteiger partial charge < -0.3 is 28.4 Å². The second-order valence-corrected chi connectivity index (χ2v) is 9.23. The second-order valence-electron chi connectivity index (χ2n) is 8.80. The lowest BCUT2D eigenvalue weighted by Gasteiger charge is -2.28. The minimum Gasteiger partial charge on any atom is -0.493 e. The molecule has 184 valence electrons. The quantitative estimate of drug-likeness (QED) is 0.537. The Morgan fingerprint density at radius 3 is 2.57 bits per heavy atom. The maximum absolute atomic E-state index is 13.7. The van der Waals surface area contributed by atoms with E-state index in [1.807, 2.05) is 12.1 Å². The fourth-order valence-electron chi connectivity index (χ4n) is 5.00. The molecule has 2 aliphatic rings. The van der Waals surface area contributed by atoms with Gasteiger partial charge in [-0.2, -0.15) is 0 Å². The molecule has 0 bridgehead atoms. The van der Waals surface area contributed by atoms with Crippen molar-refractivity contribution < 1.29 is 28.3 Å². The number of fused-ring (bicyclic) bond motifs is 2. The summed E-state index contributed by atoms with van der Waals surface area (Å²) >= 11 is 6.17. The third-order valence-corrected chi connectivity index (χ3v) is 7.02. The number of nitrogens with zero attached hydrogens (tertiary/aromatic N) is 1. The summed E-state index contributed by atoms with van der Waals surface area (Å²) in [5, 5.41) is 0.788. The molecular weight excluding hydrogens is 472 g/mol. The molecule has 0 saturated carbocycles. The highest BCUT2D eigenvalue weighted by Crippen LogP contribution is 2.41. The Bertz CT molecular complexity index is 1320. The molecule has 1 amide bonds. The number of hydrogen-bond donors (Lipinski definition) is 1. The molecule has 1 saturated heterocycles. The zero-order valence-electron chi connectivity index (χ0n) is 19.8. The maximum Gasteiger partial charge on any atom is 0.290 e. The first-order chi connectivity index (χ1) is 17.0. The van der Waals surface area contributed by atoms with E-state index in [0.717, 1.165) is 44.8 Å². The molecular formula is C26H28ClN2O6+. The average Bonchev–Trinajstić information content (AvgIpc) is 3.16. The fourth-order valence-corrected chi connectivity index (χ4v) is 5.17. The van der Waals surface area contributed by atoms with Crippen LogP contribution in [0.5, 0.6) is 11.5 Å². The highest BCUT2D eigenvalue weighted by molar-refractivity contribution is 6.31. The standard InChI is InChI=1S/C26H27ClN2O6/c1-32-20-6-4-16(14-21(20)33-2)23-22-24(30)18-15-17(27)5-7-19(18)35-25(22)26(31)29(23)9-3-8-28-10-12-34-13-11-28/h4-7,14-15,23H,3,8-13H2,1-2H3/p+1. The van der Waals surface area contributed by atoms with Crippen LogP contribution in [0.15, 0.2) is 45.6 Å². The van der Waals surface area contributed by atoms with Crippen LogP contribution in [0.4, 0.5) is 0 Å². The Hall–Kier alpha value is -3.07. The molecule has 1 atom stereocenters. The lowest BCUT2D eigenvalue weighted by atomic mass is 9.98. The predicted octanol–water partition coefficient (Wildman–Crippen LogP) is 2.31. The number of benzene rings is 2. The number of methoxy groups -OCH3 is 2. The molecule has 1 unspecified atom stereocenters. The van der Waals surface area contributed by atoms with E-state index in [1.54, 1.807) is 43.4 Å². The van der Waals surface area contributed by atoms with Gasteiger partial charge in [0.05, 0.1) is 51.0 Å². The van der Waals surface area contributed by atoms with Crippen molar-refractivity contribution in [3.05, 3.63) is 68.5 Å². The number of nitrogens with one attached hydrogen (secondary N) is 1. The zero-order valence-corrected chi connectivity index (χ0v) is 20.5. The molecule has 35 heavy (non-hydrogen) atoms. The summed E-state index contributed by atoms with van der Waals surface area (Å²) in [6.07, 6.45) is 0.790. The van der Waals surface area contributed by atoms with Gasteiger partial charge in [-0.25, -0.2) is 0 Å². The summed E-state index contributed by atoms with van der Waals surface area (Å²) < 4.78 is 22.3. The van der Waals surface area contributed by atoms with Crippen molar-refractivity contribution in [3.8, 4) is 11.5 Å². The van der Waals surface area contributed by atoms with Crippen molar-refractivity contribution >= 4 is 28.5 Å². The van der Waals surface area contributed by atoms with Crippen LogP contribution in [-0.2, 0) is 4.74 Å². The summed E-state index contributed by atoms with van der Waals surface area (Å²) in [4.78, 5) is 30.5. The van der Waals surface area contributed by atoms with Crippen molar-refractivity contribution in [2.75, 3.05) is 53.6 Å². The molecule has 0 aliphatic carbocycles. The topological polar surface area (TPSA) is 82.7 Å². The molecule has 3 aromatic rings. The first kappa shape index (κ1) is 23.7. The van der Waals surface area contributed by atoms with Crippen LogP contribution >= 0.6 is 11.6 Å². The minimum atomic E-state index is -0.600. The Kier molecular flexibility index (Phi) is 6.69. The van der Waals surface area contributed by atoms with Crippen LogP contribution in [0.2, 0.25) is 5.02 Å². The monoisotopic (exact) mass is 499 g/mol. The van der Waals surface area contributed by atoms with Gasteiger partial charge in [0.1, 0.15) is 18.7 Å². The summed E-state index contributed by atoms with van der Waals surface area (Å²) in [6, 6.07) is 9.71. The van der Waals surface area contributed by atoms with Crippen LogP contribution in [0.3, 0.4) is 0 Å². The third kappa shape index (κ3) is 4.37. The van der Waals surface area contributed by atoms with E-state index >= 15 is 0 Å². The van der Waals surface area contributed by atoms with E-state index in [1.165, 1.54) is 4.90 Å². The Balaban J connectivity index is 1.57. The number of rotatable bonds is 7. The van der Waals surface area contributed by atoms with Gasteiger partial charge in [-0.05, 0) is 35.9 Å². The Labute approximate surface area is 207 Å². The van der Waals surface area contributed by atoms with Crippen LogP contribution in [0.25, 0.3) is 11.0 Å². The smallest absolute Gasteiger partial charge is 0.290 e. The molecule has 0 radical (unpaired) electrons. The average molecular weight is 500 g/mol. The molecule has 2 aromatic carbocycles. The lowest BCUT2D eigenvalue weighted by Crippen LogP contribution is -3.14. The number of quaternary nitrogens is 1. The minimum absolute atomic E-state index is 0.0864. The Morgan fingerprint density at radius 2 is 1.83 bits per heavy atom. The van der Waals surface area contributed by atoms with E-state index in [-0.39, 0.29) is 17.1 Å². The van der Waals surface area contributed by atoms with Crippen LogP contribution in [0.1, 0.15) is 34.1 Å². The number of carbonyl (C=O) groups is 1. The number of morpholine rings is 1. The fraction of sp³-hybridized carbons (Fsp3) is 0.385. The van der Waals surface area contributed by atoms with Crippen LogP contribution in [-0.4, -0.2) is 64.4 Å². The van der Waals surface area contributed by atoms with Crippen molar-refractivity contribution in [2.24, 2.45) is 0 Å². The highest BCUT2D eigenvalue weighted by atomic mass is 35.5. The lowest BCUT2D eigenvalue weighted by molar-refractivity contribution is -0.908. The van der Waals surface area contributed by atoms with Gasteiger partial charge in [0.2, 0.25) is 5.76 Å². The van der Waals surface area contributed by atoms with Gasteiger partial charge in [0.15, 0.2) is 16.9 Å². The molecule has 5 rings (SSSR count). The molecule has 1 N–H and O–H groups in total. The van der Waals surface area contributed by atoms with Gasteiger partial charge in [-0.1, -0.05) is 17.7 Å². The van der Waals surface area contributed by atoms with Gasteiger partial charge in [0.25, 0.3) is 5.91 Å². The zero-order chi connectivity index (χ0) is 24.5. The highest BCUT2D eigenvalue weighted by Gasteiger charge is 2.43. The summed E-state index contributed by atoms with van der Waals surface area (Å²) in [5.74, 6) is 0.895. The number of ether oxygens (including phenoxy) is 3. The van der Waals surface area contributed by atoms with Crippen molar-refractivity contribution in [3.63, 3.8) is 0 Å². The first-order valence-corrected chi connectivity index (χ1v) is 12.1. The van der Waals surface area contributed by atoms with Gasteiger partial charge in [0, 0.05) is 18.0 Å². The van der Waals surface area contributed by atoms with Crippen molar-refractivity contribution in [2.45, 2.75) is 12.5 Å². The SMILES string of the molecule is COc1ccc(C2c3c(oc4ccc(Cl)cc4c3=O)C(=O)N2CCC[NH+]2CCOCC2)cc1OC. The second kappa shape index (κ2) is 9.89. The van der Waals surface area contributed by atoms with Crippen molar-refractivity contribution in [1.29, 1.82) is 0 Å².